The minimum Gasteiger partial charge on any atom is -0.328 e. The summed E-state index contributed by atoms with van der Waals surface area (Å²) >= 11 is 0. The summed E-state index contributed by atoms with van der Waals surface area (Å²) < 4.78 is 0. The molecule has 0 aromatic heterocycles. The maximum absolute atomic E-state index is 11.6. The number of fused-ring (bicyclic) bond motifs is 1. The molecule has 0 bridgehead atoms. The van der Waals surface area contributed by atoms with Crippen molar-refractivity contribution >= 4 is 11.6 Å². The topological polar surface area (TPSA) is 58.4 Å². The molecule has 0 radical (unpaired) electrons. The number of nitrogens with zero attached hydrogens (tertiary/aromatic N) is 1. The highest BCUT2D eigenvalue weighted by atomic mass is 16.2. The van der Waals surface area contributed by atoms with Gasteiger partial charge in [0.05, 0.1) is 6.42 Å². The predicted molar refractivity (Wildman–Crippen MR) is 78.4 cm³/mol. The Balaban J connectivity index is 1.83. The van der Waals surface area contributed by atoms with E-state index in [1.807, 2.05) is 14.0 Å². The monoisotopic (exact) mass is 261 g/mol. The number of anilines is 1. The van der Waals surface area contributed by atoms with E-state index >= 15 is 0 Å². The van der Waals surface area contributed by atoms with E-state index in [1.54, 1.807) is 4.90 Å². The van der Waals surface area contributed by atoms with Crippen molar-refractivity contribution in [1.82, 2.24) is 5.32 Å². The van der Waals surface area contributed by atoms with Crippen molar-refractivity contribution in [2.45, 2.75) is 32.2 Å². The summed E-state index contributed by atoms with van der Waals surface area (Å²) in [6, 6.07) is 6.58. The van der Waals surface area contributed by atoms with Gasteiger partial charge in [-0.05, 0) is 50.0 Å². The van der Waals surface area contributed by atoms with Gasteiger partial charge in [0.25, 0.3) is 0 Å². The SMILES string of the molecule is CC(N)CCNCCc1ccc2c(c1)CC(=O)N2C. The van der Waals surface area contributed by atoms with E-state index in [4.69, 9.17) is 5.73 Å². The second-order valence-electron chi connectivity index (χ2n) is 5.36. The number of carbonyl (C=O) groups excluding carboxylic acids is 1. The lowest BCUT2D eigenvalue weighted by molar-refractivity contribution is -0.117. The van der Waals surface area contributed by atoms with Gasteiger partial charge in [-0.25, -0.2) is 0 Å². The summed E-state index contributed by atoms with van der Waals surface area (Å²) in [4.78, 5) is 13.3. The zero-order chi connectivity index (χ0) is 13.8. The molecule has 0 saturated heterocycles. The Bertz CT molecular complexity index is 457. The Morgan fingerprint density at radius 3 is 2.95 bits per heavy atom. The van der Waals surface area contributed by atoms with Crippen LogP contribution in [0.25, 0.3) is 0 Å². The molecule has 104 valence electrons. The molecule has 1 aliphatic rings. The zero-order valence-electron chi connectivity index (χ0n) is 11.8. The molecule has 1 unspecified atom stereocenters. The van der Waals surface area contributed by atoms with E-state index in [0.717, 1.165) is 37.2 Å². The largest absolute Gasteiger partial charge is 0.328 e. The van der Waals surface area contributed by atoms with Gasteiger partial charge >= 0.3 is 0 Å². The van der Waals surface area contributed by atoms with Crippen LogP contribution in [0.5, 0.6) is 0 Å². The third kappa shape index (κ3) is 3.55. The molecule has 0 fully saturated rings. The minimum atomic E-state index is 0.183. The molecule has 19 heavy (non-hydrogen) atoms. The van der Waals surface area contributed by atoms with Crippen LogP contribution in [-0.4, -0.2) is 32.1 Å². The van der Waals surface area contributed by atoms with Crippen molar-refractivity contribution < 1.29 is 4.79 Å². The van der Waals surface area contributed by atoms with Crippen LogP contribution in [0.4, 0.5) is 5.69 Å². The molecule has 0 saturated carbocycles. The molecule has 2 rings (SSSR count). The Labute approximate surface area is 115 Å². The fourth-order valence-corrected chi connectivity index (χ4v) is 2.37. The van der Waals surface area contributed by atoms with Crippen molar-refractivity contribution in [3.8, 4) is 0 Å². The average molecular weight is 261 g/mol. The van der Waals surface area contributed by atoms with E-state index < -0.39 is 0 Å². The van der Waals surface area contributed by atoms with Gasteiger partial charge in [0.2, 0.25) is 5.91 Å². The van der Waals surface area contributed by atoms with E-state index in [0.29, 0.717) is 6.42 Å². The number of nitrogens with two attached hydrogens (primary N) is 1. The molecule has 1 aromatic rings. The molecule has 1 amide bonds. The van der Waals surface area contributed by atoms with Crippen molar-refractivity contribution in [2.24, 2.45) is 5.73 Å². The number of likely N-dealkylation sites (N-methyl/N-ethyl adjacent to an activating group) is 1. The van der Waals surface area contributed by atoms with Gasteiger partial charge in [0.1, 0.15) is 0 Å². The Morgan fingerprint density at radius 1 is 1.42 bits per heavy atom. The van der Waals surface area contributed by atoms with Crippen LogP contribution < -0.4 is 16.0 Å². The van der Waals surface area contributed by atoms with Crippen LogP contribution in [-0.2, 0) is 17.6 Å². The zero-order valence-corrected chi connectivity index (χ0v) is 11.8. The third-order valence-electron chi connectivity index (χ3n) is 3.59. The van der Waals surface area contributed by atoms with Crippen molar-refractivity contribution in [3.63, 3.8) is 0 Å². The smallest absolute Gasteiger partial charge is 0.231 e. The first-order chi connectivity index (χ1) is 9.08. The highest BCUT2D eigenvalue weighted by molar-refractivity contribution is 6.00. The highest BCUT2D eigenvalue weighted by Crippen LogP contribution is 2.28. The molecule has 1 atom stereocenters. The van der Waals surface area contributed by atoms with Crippen LogP contribution in [0.3, 0.4) is 0 Å². The van der Waals surface area contributed by atoms with Crippen molar-refractivity contribution in [3.05, 3.63) is 29.3 Å². The summed E-state index contributed by atoms with van der Waals surface area (Å²) in [5.74, 6) is 0.183. The summed E-state index contributed by atoms with van der Waals surface area (Å²) in [5.41, 5.74) is 9.19. The third-order valence-corrected chi connectivity index (χ3v) is 3.59. The van der Waals surface area contributed by atoms with Gasteiger partial charge in [-0.1, -0.05) is 12.1 Å². The van der Waals surface area contributed by atoms with Gasteiger partial charge in [-0.3, -0.25) is 4.79 Å². The standard InChI is InChI=1S/C15H23N3O/c1-11(16)5-7-17-8-6-12-3-4-14-13(9-12)10-15(19)18(14)2/h3-4,9,11,17H,5-8,10,16H2,1-2H3. The number of benzene rings is 1. The summed E-state index contributed by atoms with van der Waals surface area (Å²) in [6.07, 6.45) is 2.53. The number of rotatable bonds is 6. The summed E-state index contributed by atoms with van der Waals surface area (Å²) in [5, 5.41) is 3.39. The fourth-order valence-electron chi connectivity index (χ4n) is 2.37. The highest BCUT2D eigenvalue weighted by Gasteiger charge is 2.23. The number of hydrogen-bond donors (Lipinski definition) is 2. The number of carbonyl (C=O) groups is 1. The Morgan fingerprint density at radius 2 is 2.21 bits per heavy atom. The van der Waals surface area contributed by atoms with E-state index in [2.05, 4.69) is 23.5 Å². The molecule has 0 aliphatic carbocycles. The van der Waals surface area contributed by atoms with Crippen LogP contribution >= 0.6 is 0 Å². The molecule has 1 aromatic carbocycles. The molecule has 4 nitrogen and oxygen atoms in total. The van der Waals surface area contributed by atoms with Gasteiger partial charge in [0.15, 0.2) is 0 Å². The lowest BCUT2D eigenvalue weighted by Gasteiger charge is -2.11. The second kappa shape index (κ2) is 6.17. The first kappa shape index (κ1) is 14.0. The predicted octanol–water partition coefficient (Wildman–Crippen LogP) is 1.07. The summed E-state index contributed by atoms with van der Waals surface area (Å²) in [6.45, 7) is 3.94. The van der Waals surface area contributed by atoms with Crippen molar-refractivity contribution in [2.75, 3.05) is 25.0 Å². The molecule has 1 heterocycles. The normalized spacial score (nSPS) is 15.7. The maximum atomic E-state index is 11.6. The van der Waals surface area contributed by atoms with E-state index in [1.165, 1.54) is 5.56 Å². The Kier molecular flexibility index (Phi) is 4.56. The molecule has 0 spiro atoms. The fraction of sp³-hybridized carbons (Fsp3) is 0.533. The molecule has 4 heteroatoms. The average Bonchev–Trinajstić information content (AvgIpc) is 2.64. The molecular formula is C15H23N3O. The van der Waals surface area contributed by atoms with Crippen LogP contribution in [0.2, 0.25) is 0 Å². The first-order valence-corrected chi connectivity index (χ1v) is 6.92. The van der Waals surface area contributed by atoms with Gasteiger partial charge < -0.3 is 16.0 Å². The van der Waals surface area contributed by atoms with Gasteiger partial charge in [-0.2, -0.15) is 0 Å². The lowest BCUT2D eigenvalue weighted by Crippen LogP contribution is -2.25. The molecular weight excluding hydrogens is 238 g/mol. The number of hydrogen-bond acceptors (Lipinski definition) is 3. The number of amides is 1. The first-order valence-electron chi connectivity index (χ1n) is 6.92. The van der Waals surface area contributed by atoms with Crippen LogP contribution in [0.15, 0.2) is 18.2 Å². The lowest BCUT2D eigenvalue weighted by atomic mass is 10.1. The van der Waals surface area contributed by atoms with Gasteiger partial charge in [-0.15, -0.1) is 0 Å². The second-order valence-corrected chi connectivity index (χ2v) is 5.36. The number of nitrogens with one attached hydrogen (secondary N) is 1. The van der Waals surface area contributed by atoms with Crippen LogP contribution in [0, 0.1) is 0 Å². The van der Waals surface area contributed by atoms with Crippen molar-refractivity contribution in [1.29, 1.82) is 0 Å². The molecule has 1 aliphatic heterocycles. The quantitative estimate of drug-likeness (QED) is 0.753. The van der Waals surface area contributed by atoms with Crippen LogP contribution in [0.1, 0.15) is 24.5 Å². The van der Waals surface area contributed by atoms with Gasteiger partial charge in [0, 0.05) is 18.8 Å². The summed E-state index contributed by atoms with van der Waals surface area (Å²) in [7, 11) is 1.84. The van der Waals surface area contributed by atoms with E-state index in [-0.39, 0.29) is 11.9 Å². The molecule has 3 N–H and O–H groups in total. The van der Waals surface area contributed by atoms with E-state index in [9.17, 15) is 4.79 Å². The maximum Gasteiger partial charge on any atom is 0.231 e. The minimum absolute atomic E-state index is 0.183. The Hall–Kier alpha value is -1.39.